The lowest BCUT2D eigenvalue weighted by molar-refractivity contribution is -0.143. The van der Waals surface area contributed by atoms with Gasteiger partial charge in [-0.25, -0.2) is 4.79 Å². The first-order chi connectivity index (χ1) is 12.7. The first-order valence-electron chi connectivity index (χ1n) is 8.84. The van der Waals surface area contributed by atoms with Crippen LogP contribution in [-0.4, -0.2) is 24.7 Å². The summed E-state index contributed by atoms with van der Waals surface area (Å²) in [6.07, 6.45) is 1.28. The Morgan fingerprint density at radius 1 is 0.923 bits per heavy atom. The molecule has 0 saturated carbocycles. The van der Waals surface area contributed by atoms with Gasteiger partial charge in [0.25, 0.3) is 0 Å². The normalized spacial score (nSPS) is 11.4. The van der Waals surface area contributed by atoms with Gasteiger partial charge >= 0.3 is 12.1 Å². The van der Waals surface area contributed by atoms with Crippen LogP contribution in [0.25, 0.3) is 0 Å². The van der Waals surface area contributed by atoms with E-state index < -0.39 is 6.09 Å². The highest BCUT2D eigenvalue weighted by Crippen LogP contribution is 2.05. The number of esters is 1. The minimum atomic E-state index is -0.508. The third kappa shape index (κ3) is 7.38. The average Bonchev–Trinajstić information content (AvgIpc) is 2.66. The molecule has 0 spiro atoms. The fourth-order valence-electron chi connectivity index (χ4n) is 2.48. The summed E-state index contributed by atoms with van der Waals surface area (Å²) in [6.45, 7) is 2.36. The Balaban J connectivity index is 1.74. The molecule has 0 aliphatic rings. The van der Waals surface area contributed by atoms with E-state index in [1.54, 1.807) is 0 Å². The average molecular weight is 355 g/mol. The lowest BCUT2D eigenvalue weighted by Crippen LogP contribution is -2.39. The van der Waals surface area contributed by atoms with Crippen LogP contribution in [0.3, 0.4) is 0 Å². The van der Waals surface area contributed by atoms with Gasteiger partial charge in [0.15, 0.2) is 0 Å². The van der Waals surface area contributed by atoms with Gasteiger partial charge in [-0.1, -0.05) is 74.0 Å². The van der Waals surface area contributed by atoms with Crippen molar-refractivity contribution in [2.45, 2.75) is 38.8 Å². The van der Waals surface area contributed by atoms with Crippen LogP contribution >= 0.6 is 0 Å². The van der Waals surface area contributed by atoms with Gasteiger partial charge in [-0.2, -0.15) is 0 Å². The molecule has 26 heavy (non-hydrogen) atoms. The quantitative estimate of drug-likeness (QED) is 0.694. The van der Waals surface area contributed by atoms with E-state index >= 15 is 0 Å². The van der Waals surface area contributed by atoms with Gasteiger partial charge in [-0.05, 0) is 17.5 Å². The number of alkyl carbamates (subject to hydrolysis) is 1. The number of benzene rings is 2. The summed E-state index contributed by atoms with van der Waals surface area (Å²) in [5.41, 5.74) is 1.82. The summed E-state index contributed by atoms with van der Waals surface area (Å²) in [5.74, 6) is -0.309. The molecule has 0 radical (unpaired) electrons. The molecule has 0 aliphatic carbocycles. The molecule has 2 aromatic rings. The number of rotatable bonds is 9. The molecular formula is C21H25NO4. The van der Waals surface area contributed by atoms with Gasteiger partial charge in [0.05, 0.1) is 12.5 Å². The monoisotopic (exact) mass is 355 g/mol. The van der Waals surface area contributed by atoms with Crippen molar-refractivity contribution in [3.63, 3.8) is 0 Å². The zero-order valence-corrected chi connectivity index (χ0v) is 15.0. The SMILES string of the molecule is CCCC(COC(=O)Cc1ccccc1)NC(=O)OCc1ccccc1. The largest absolute Gasteiger partial charge is 0.463 e. The van der Waals surface area contributed by atoms with Crippen molar-refractivity contribution in [2.75, 3.05) is 6.61 Å². The fourth-order valence-corrected chi connectivity index (χ4v) is 2.48. The van der Waals surface area contributed by atoms with Crippen LogP contribution in [0, 0.1) is 0 Å². The van der Waals surface area contributed by atoms with Crippen molar-refractivity contribution in [2.24, 2.45) is 0 Å². The van der Waals surface area contributed by atoms with Crippen LogP contribution in [0.15, 0.2) is 60.7 Å². The molecule has 0 bridgehead atoms. The Morgan fingerprint density at radius 3 is 2.15 bits per heavy atom. The van der Waals surface area contributed by atoms with Crippen LogP contribution < -0.4 is 5.32 Å². The number of hydrogen-bond donors (Lipinski definition) is 1. The number of amides is 1. The highest BCUT2D eigenvalue weighted by molar-refractivity contribution is 5.72. The van der Waals surface area contributed by atoms with Gasteiger partial charge < -0.3 is 14.8 Å². The fraction of sp³-hybridized carbons (Fsp3) is 0.333. The Hall–Kier alpha value is -2.82. The Kier molecular flexibility index (Phi) is 8.19. The molecule has 0 saturated heterocycles. The molecule has 1 atom stereocenters. The minimum absolute atomic E-state index is 0.139. The van der Waals surface area contributed by atoms with E-state index in [0.29, 0.717) is 6.42 Å². The molecule has 138 valence electrons. The molecule has 2 rings (SSSR count). The summed E-state index contributed by atoms with van der Waals surface area (Å²) in [6, 6.07) is 18.6. The van der Waals surface area contributed by atoms with E-state index in [2.05, 4.69) is 5.32 Å². The highest BCUT2D eigenvalue weighted by atomic mass is 16.6. The van der Waals surface area contributed by atoms with E-state index in [-0.39, 0.29) is 31.6 Å². The predicted molar refractivity (Wildman–Crippen MR) is 99.6 cm³/mol. The molecular weight excluding hydrogens is 330 g/mol. The second-order valence-electron chi connectivity index (χ2n) is 6.04. The zero-order valence-electron chi connectivity index (χ0n) is 15.0. The lowest BCUT2D eigenvalue weighted by atomic mass is 10.1. The van der Waals surface area contributed by atoms with Crippen molar-refractivity contribution in [3.05, 3.63) is 71.8 Å². The molecule has 1 N–H and O–H groups in total. The molecule has 5 heteroatoms. The molecule has 0 aliphatic heterocycles. The van der Waals surface area contributed by atoms with E-state index in [1.165, 1.54) is 0 Å². The number of carbonyl (C=O) groups excluding carboxylic acids is 2. The van der Waals surface area contributed by atoms with Gasteiger partial charge in [-0.3, -0.25) is 4.79 Å². The topological polar surface area (TPSA) is 64.6 Å². The Labute approximate surface area is 154 Å². The molecule has 0 fully saturated rings. The number of ether oxygens (including phenoxy) is 2. The standard InChI is InChI=1S/C21H25NO4/c1-2-9-19(16-25-20(23)14-17-10-5-3-6-11-17)22-21(24)26-15-18-12-7-4-8-13-18/h3-8,10-13,19H,2,9,14-16H2,1H3,(H,22,24). The Morgan fingerprint density at radius 2 is 1.54 bits per heavy atom. The first kappa shape index (κ1) is 19.5. The summed E-state index contributed by atoms with van der Waals surface area (Å²) in [7, 11) is 0. The van der Waals surface area contributed by atoms with Crippen molar-refractivity contribution in [1.82, 2.24) is 5.32 Å². The summed E-state index contributed by atoms with van der Waals surface area (Å²) in [4.78, 5) is 23.9. The highest BCUT2D eigenvalue weighted by Gasteiger charge is 2.15. The summed E-state index contributed by atoms with van der Waals surface area (Å²) >= 11 is 0. The van der Waals surface area contributed by atoms with Crippen molar-refractivity contribution in [3.8, 4) is 0 Å². The van der Waals surface area contributed by atoms with E-state index in [0.717, 1.165) is 17.5 Å². The van der Waals surface area contributed by atoms with E-state index in [1.807, 2.05) is 67.6 Å². The van der Waals surface area contributed by atoms with Crippen LogP contribution in [0.5, 0.6) is 0 Å². The maximum Gasteiger partial charge on any atom is 0.407 e. The molecule has 2 aromatic carbocycles. The second-order valence-corrected chi connectivity index (χ2v) is 6.04. The van der Waals surface area contributed by atoms with Crippen LogP contribution in [0.1, 0.15) is 30.9 Å². The predicted octanol–water partition coefficient (Wildman–Crippen LogP) is 3.87. The first-order valence-corrected chi connectivity index (χ1v) is 8.84. The molecule has 1 unspecified atom stereocenters. The third-order valence-corrected chi connectivity index (χ3v) is 3.81. The minimum Gasteiger partial charge on any atom is -0.463 e. The van der Waals surface area contributed by atoms with Crippen molar-refractivity contribution in [1.29, 1.82) is 0 Å². The molecule has 5 nitrogen and oxygen atoms in total. The number of hydrogen-bond acceptors (Lipinski definition) is 4. The van der Waals surface area contributed by atoms with Gasteiger partial charge in [0.1, 0.15) is 13.2 Å². The van der Waals surface area contributed by atoms with Crippen LogP contribution in [0.2, 0.25) is 0 Å². The van der Waals surface area contributed by atoms with Crippen molar-refractivity contribution >= 4 is 12.1 Å². The van der Waals surface area contributed by atoms with Crippen LogP contribution in [0.4, 0.5) is 4.79 Å². The smallest absolute Gasteiger partial charge is 0.407 e. The molecule has 1 amide bonds. The van der Waals surface area contributed by atoms with E-state index in [4.69, 9.17) is 9.47 Å². The number of nitrogens with one attached hydrogen (secondary N) is 1. The van der Waals surface area contributed by atoms with E-state index in [9.17, 15) is 9.59 Å². The Bertz CT molecular complexity index is 673. The number of carbonyl (C=O) groups is 2. The second kappa shape index (κ2) is 10.9. The maximum absolute atomic E-state index is 12.0. The maximum atomic E-state index is 12.0. The van der Waals surface area contributed by atoms with Crippen LogP contribution in [-0.2, 0) is 27.3 Å². The summed E-state index contributed by atoms with van der Waals surface area (Å²) < 4.78 is 10.5. The van der Waals surface area contributed by atoms with Gasteiger partial charge in [0, 0.05) is 0 Å². The molecule has 0 heterocycles. The third-order valence-electron chi connectivity index (χ3n) is 3.81. The molecule has 0 aromatic heterocycles. The van der Waals surface area contributed by atoms with Gasteiger partial charge in [0.2, 0.25) is 0 Å². The lowest BCUT2D eigenvalue weighted by Gasteiger charge is -2.18. The zero-order chi connectivity index (χ0) is 18.6. The van der Waals surface area contributed by atoms with Crippen molar-refractivity contribution < 1.29 is 19.1 Å². The summed E-state index contributed by atoms with van der Waals surface area (Å²) in [5, 5.41) is 2.77. The van der Waals surface area contributed by atoms with Gasteiger partial charge in [-0.15, -0.1) is 0 Å².